The highest BCUT2D eigenvalue weighted by atomic mass is 15.0. The average molecular weight is 336 g/mol. The van der Waals surface area contributed by atoms with Gasteiger partial charge in [-0.1, -0.05) is 48.6 Å². The fraction of sp³-hybridized carbons (Fsp3) is 0.0833. The van der Waals surface area contributed by atoms with Crippen molar-refractivity contribution in [3.05, 3.63) is 85.0 Å². The Morgan fingerprint density at radius 2 is 1.62 bits per heavy atom. The SMILES string of the molecule is Nc1cccc(-c2ccc3c(c2)c2ccccc2n3C2=CC=CCC2)c1. The van der Waals surface area contributed by atoms with E-state index in [4.69, 9.17) is 5.73 Å². The topological polar surface area (TPSA) is 30.9 Å². The van der Waals surface area contributed by atoms with Gasteiger partial charge in [-0.3, -0.25) is 0 Å². The number of fused-ring (bicyclic) bond motifs is 3. The van der Waals surface area contributed by atoms with Gasteiger partial charge in [0.05, 0.1) is 11.0 Å². The van der Waals surface area contributed by atoms with E-state index in [1.807, 2.05) is 18.2 Å². The van der Waals surface area contributed by atoms with E-state index in [-0.39, 0.29) is 0 Å². The van der Waals surface area contributed by atoms with E-state index in [2.05, 4.69) is 71.3 Å². The van der Waals surface area contributed by atoms with Crippen molar-refractivity contribution in [3.8, 4) is 11.1 Å². The third kappa shape index (κ3) is 2.34. The molecule has 2 heteroatoms. The van der Waals surface area contributed by atoms with Crippen LogP contribution in [0.25, 0.3) is 38.6 Å². The molecule has 2 nitrogen and oxygen atoms in total. The normalized spacial score (nSPS) is 14.1. The van der Waals surface area contributed by atoms with Gasteiger partial charge < -0.3 is 10.3 Å². The van der Waals surface area contributed by atoms with Gasteiger partial charge in [0, 0.05) is 22.2 Å². The van der Waals surface area contributed by atoms with Crippen molar-refractivity contribution in [3.63, 3.8) is 0 Å². The molecule has 126 valence electrons. The molecule has 5 rings (SSSR count). The number of hydrogen-bond donors (Lipinski definition) is 1. The Morgan fingerprint density at radius 3 is 2.46 bits per heavy atom. The third-order valence-electron chi connectivity index (χ3n) is 5.17. The molecule has 0 aliphatic heterocycles. The van der Waals surface area contributed by atoms with Crippen molar-refractivity contribution in [1.29, 1.82) is 0 Å². The van der Waals surface area contributed by atoms with Crippen LogP contribution in [0.1, 0.15) is 12.8 Å². The summed E-state index contributed by atoms with van der Waals surface area (Å²) in [4.78, 5) is 0. The monoisotopic (exact) mass is 336 g/mol. The second-order valence-electron chi connectivity index (χ2n) is 6.83. The van der Waals surface area contributed by atoms with Gasteiger partial charge in [0.2, 0.25) is 0 Å². The maximum atomic E-state index is 5.98. The van der Waals surface area contributed by atoms with Crippen molar-refractivity contribution in [2.45, 2.75) is 12.8 Å². The van der Waals surface area contributed by atoms with E-state index >= 15 is 0 Å². The predicted molar refractivity (Wildman–Crippen MR) is 112 cm³/mol. The number of para-hydroxylation sites is 1. The first kappa shape index (κ1) is 15.0. The minimum Gasteiger partial charge on any atom is -0.399 e. The molecule has 1 aliphatic carbocycles. The molecule has 3 aromatic carbocycles. The summed E-state index contributed by atoms with van der Waals surface area (Å²) in [6.45, 7) is 0. The number of allylic oxidation sites excluding steroid dienone is 4. The van der Waals surface area contributed by atoms with Gasteiger partial charge in [-0.15, -0.1) is 0 Å². The first-order valence-corrected chi connectivity index (χ1v) is 9.06. The molecule has 0 radical (unpaired) electrons. The minimum atomic E-state index is 0.796. The van der Waals surface area contributed by atoms with E-state index in [9.17, 15) is 0 Å². The van der Waals surface area contributed by atoms with Crippen LogP contribution < -0.4 is 5.73 Å². The van der Waals surface area contributed by atoms with Crippen LogP contribution in [0.3, 0.4) is 0 Å². The Hall–Kier alpha value is -3.26. The lowest BCUT2D eigenvalue weighted by atomic mass is 10.0. The van der Waals surface area contributed by atoms with Gasteiger partial charge >= 0.3 is 0 Å². The van der Waals surface area contributed by atoms with E-state index in [1.165, 1.54) is 33.1 Å². The second-order valence-corrected chi connectivity index (χ2v) is 6.83. The summed E-state index contributed by atoms with van der Waals surface area (Å²) < 4.78 is 2.41. The molecule has 1 aromatic heterocycles. The molecule has 0 atom stereocenters. The fourth-order valence-electron chi connectivity index (χ4n) is 3.96. The van der Waals surface area contributed by atoms with Crippen LogP contribution in [0.15, 0.2) is 85.0 Å². The summed E-state index contributed by atoms with van der Waals surface area (Å²) in [6.07, 6.45) is 8.81. The van der Waals surface area contributed by atoms with Crippen LogP contribution >= 0.6 is 0 Å². The number of anilines is 1. The fourth-order valence-corrected chi connectivity index (χ4v) is 3.96. The van der Waals surface area contributed by atoms with Crippen LogP contribution in [-0.2, 0) is 0 Å². The highest BCUT2D eigenvalue weighted by Crippen LogP contribution is 2.36. The standard InChI is InChI=1S/C24H20N2/c25-19-8-6-7-17(15-19)18-13-14-24-22(16-18)21-11-4-5-12-23(21)26(24)20-9-2-1-3-10-20/h1-2,4-9,11-16H,3,10,25H2. The molecule has 0 amide bonds. The summed E-state index contributed by atoms with van der Waals surface area (Å²) in [5, 5.41) is 2.58. The van der Waals surface area contributed by atoms with Gasteiger partial charge in [-0.05, 0) is 60.4 Å². The number of nitrogen functional groups attached to an aromatic ring is 1. The van der Waals surface area contributed by atoms with Crippen LogP contribution in [0, 0.1) is 0 Å². The Morgan fingerprint density at radius 1 is 0.769 bits per heavy atom. The molecule has 26 heavy (non-hydrogen) atoms. The smallest absolute Gasteiger partial charge is 0.0538 e. The lowest BCUT2D eigenvalue weighted by molar-refractivity contribution is 0.979. The largest absolute Gasteiger partial charge is 0.399 e. The minimum absolute atomic E-state index is 0.796. The quantitative estimate of drug-likeness (QED) is 0.432. The Bertz CT molecular complexity index is 1190. The first-order valence-electron chi connectivity index (χ1n) is 9.06. The van der Waals surface area contributed by atoms with Crippen molar-refractivity contribution in [2.24, 2.45) is 0 Å². The molecule has 0 unspecified atom stereocenters. The average Bonchev–Trinajstić information content (AvgIpc) is 3.02. The molecule has 4 aromatic rings. The van der Waals surface area contributed by atoms with E-state index in [0.29, 0.717) is 0 Å². The van der Waals surface area contributed by atoms with Gasteiger partial charge in [-0.25, -0.2) is 0 Å². The van der Waals surface area contributed by atoms with Crippen LogP contribution in [-0.4, -0.2) is 4.57 Å². The summed E-state index contributed by atoms with van der Waals surface area (Å²) in [6, 6.07) is 23.5. The van der Waals surface area contributed by atoms with E-state index < -0.39 is 0 Å². The van der Waals surface area contributed by atoms with E-state index in [1.54, 1.807) is 0 Å². The van der Waals surface area contributed by atoms with Gasteiger partial charge in [0.1, 0.15) is 0 Å². The summed E-state index contributed by atoms with van der Waals surface area (Å²) in [5.41, 5.74) is 13.0. The molecule has 2 N–H and O–H groups in total. The Labute approximate surface area is 152 Å². The highest BCUT2D eigenvalue weighted by Gasteiger charge is 2.14. The zero-order valence-corrected chi connectivity index (χ0v) is 14.5. The molecular weight excluding hydrogens is 316 g/mol. The lowest BCUT2D eigenvalue weighted by Crippen LogP contribution is -1.98. The number of nitrogens with zero attached hydrogens (tertiary/aromatic N) is 1. The van der Waals surface area contributed by atoms with Gasteiger partial charge in [0.15, 0.2) is 0 Å². The number of benzene rings is 3. The highest BCUT2D eigenvalue weighted by molar-refractivity contribution is 6.11. The number of aromatic nitrogens is 1. The zero-order valence-electron chi connectivity index (χ0n) is 14.5. The Balaban J connectivity index is 1.81. The van der Waals surface area contributed by atoms with Crippen molar-refractivity contribution in [2.75, 3.05) is 5.73 Å². The lowest BCUT2D eigenvalue weighted by Gasteiger charge is -2.14. The van der Waals surface area contributed by atoms with Crippen molar-refractivity contribution in [1.82, 2.24) is 4.57 Å². The third-order valence-corrected chi connectivity index (χ3v) is 5.17. The number of nitrogens with two attached hydrogens (primary N) is 1. The van der Waals surface area contributed by atoms with Gasteiger partial charge in [-0.2, -0.15) is 0 Å². The molecule has 0 saturated carbocycles. The molecule has 1 heterocycles. The zero-order chi connectivity index (χ0) is 17.5. The van der Waals surface area contributed by atoms with Gasteiger partial charge in [0.25, 0.3) is 0 Å². The molecule has 0 spiro atoms. The van der Waals surface area contributed by atoms with Crippen molar-refractivity contribution < 1.29 is 0 Å². The molecular formula is C24H20N2. The second kappa shape index (κ2) is 5.92. The number of hydrogen-bond acceptors (Lipinski definition) is 1. The van der Waals surface area contributed by atoms with Crippen molar-refractivity contribution >= 4 is 33.2 Å². The molecule has 0 fully saturated rings. The van der Waals surface area contributed by atoms with Crippen LogP contribution in [0.4, 0.5) is 5.69 Å². The maximum Gasteiger partial charge on any atom is 0.0538 e. The summed E-state index contributed by atoms with van der Waals surface area (Å²) in [7, 11) is 0. The van der Waals surface area contributed by atoms with Crippen LogP contribution in [0.5, 0.6) is 0 Å². The predicted octanol–water partition coefficient (Wildman–Crippen LogP) is 6.23. The summed E-state index contributed by atoms with van der Waals surface area (Å²) in [5.74, 6) is 0. The maximum absolute atomic E-state index is 5.98. The molecule has 1 aliphatic rings. The summed E-state index contributed by atoms with van der Waals surface area (Å²) >= 11 is 0. The van der Waals surface area contributed by atoms with E-state index in [0.717, 1.165) is 24.1 Å². The first-order chi connectivity index (χ1) is 12.8. The molecule has 0 saturated heterocycles. The number of rotatable bonds is 2. The Kier molecular flexibility index (Phi) is 3.42. The molecule has 0 bridgehead atoms. The van der Waals surface area contributed by atoms with Crippen LogP contribution in [0.2, 0.25) is 0 Å².